The minimum atomic E-state index is -0.228. The van der Waals surface area contributed by atoms with E-state index in [0.29, 0.717) is 19.7 Å². The number of carbonyl (C=O) groups excluding carboxylic acids is 1. The molecule has 1 aliphatic heterocycles. The molecule has 1 amide bonds. The van der Waals surface area contributed by atoms with Crippen molar-refractivity contribution in [1.82, 2.24) is 4.90 Å². The molecule has 64 valence electrons. The summed E-state index contributed by atoms with van der Waals surface area (Å²) in [5.41, 5.74) is 5.48. The number of ether oxygens (including phenoxy) is 1. The van der Waals surface area contributed by atoms with Crippen LogP contribution in [-0.2, 0) is 4.74 Å². The third kappa shape index (κ3) is 1.63. The molecule has 0 bridgehead atoms. The normalized spacial score (nSPS) is 25.1. The first-order valence-corrected chi connectivity index (χ1v) is 3.93. The van der Waals surface area contributed by atoms with Gasteiger partial charge in [0.25, 0.3) is 0 Å². The lowest BCUT2D eigenvalue weighted by Gasteiger charge is -2.33. The van der Waals surface area contributed by atoms with E-state index < -0.39 is 0 Å². The van der Waals surface area contributed by atoms with Crippen molar-refractivity contribution in [2.45, 2.75) is 19.4 Å². The fourth-order valence-electron chi connectivity index (χ4n) is 1.30. The molecule has 0 spiro atoms. The summed E-state index contributed by atoms with van der Waals surface area (Å²) in [4.78, 5) is 12.7. The average molecular weight is 158 g/mol. The summed E-state index contributed by atoms with van der Waals surface area (Å²) in [5.74, 6) is 0. The minimum absolute atomic E-state index is 0.182. The fourth-order valence-corrected chi connectivity index (χ4v) is 1.30. The van der Waals surface area contributed by atoms with Crippen molar-refractivity contribution in [2.24, 2.45) is 5.73 Å². The zero-order valence-corrected chi connectivity index (χ0v) is 6.75. The Morgan fingerprint density at radius 1 is 1.82 bits per heavy atom. The van der Waals surface area contributed by atoms with Gasteiger partial charge in [-0.05, 0) is 6.92 Å². The Kier molecular flexibility index (Phi) is 2.70. The van der Waals surface area contributed by atoms with Crippen molar-refractivity contribution in [1.29, 1.82) is 0 Å². The van der Waals surface area contributed by atoms with Crippen LogP contribution in [0.3, 0.4) is 0 Å². The molecule has 0 aliphatic carbocycles. The molecule has 1 atom stereocenters. The molecule has 11 heavy (non-hydrogen) atoms. The van der Waals surface area contributed by atoms with Gasteiger partial charge in [-0.3, -0.25) is 0 Å². The monoisotopic (exact) mass is 158 g/mol. The quantitative estimate of drug-likeness (QED) is 0.623. The van der Waals surface area contributed by atoms with E-state index in [1.165, 1.54) is 0 Å². The molecular formula is C7H14N2O2. The number of nitrogens with zero attached hydrogens (tertiary/aromatic N) is 1. The van der Waals surface area contributed by atoms with Gasteiger partial charge in [-0.2, -0.15) is 0 Å². The summed E-state index contributed by atoms with van der Waals surface area (Å²) in [7, 11) is 0. The number of amides is 1. The van der Waals surface area contributed by atoms with Gasteiger partial charge < -0.3 is 15.4 Å². The molecule has 0 radical (unpaired) electrons. The second-order valence-corrected chi connectivity index (χ2v) is 2.58. The second-order valence-electron chi connectivity index (χ2n) is 2.58. The van der Waals surface area contributed by atoms with Crippen LogP contribution in [-0.4, -0.2) is 36.7 Å². The van der Waals surface area contributed by atoms with Gasteiger partial charge in [0.15, 0.2) is 0 Å². The molecule has 1 heterocycles. The molecule has 1 unspecified atom stereocenters. The van der Waals surface area contributed by atoms with Crippen molar-refractivity contribution < 1.29 is 9.53 Å². The molecular weight excluding hydrogens is 144 g/mol. The van der Waals surface area contributed by atoms with E-state index in [-0.39, 0.29) is 12.1 Å². The molecule has 0 aromatic rings. The number of rotatable bonds is 2. The number of carbonyl (C=O) groups is 1. The fraction of sp³-hybridized carbons (Fsp3) is 0.857. The first kappa shape index (κ1) is 8.33. The van der Waals surface area contributed by atoms with Crippen LogP contribution >= 0.6 is 0 Å². The van der Waals surface area contributed by atoms with Crippen molar-refractivity contribution in [3.05, 3.63) is 0 Å². The molecule has 1 rings (SSSR count). The summed E-state index contributed by atoms with van der Waals surface area (Å²) in [5, 5.41) is 0. The van der Waals surface area contributed by atoms with Gasteiger partial charge in [-0.15, -0.1) is 0 Å². The van der Waals surface area contributed by atoms with Crippen LogP contribution in [0.25, 0.3) is 0 Å². The van der Waals surface area contributed by atoms with Gasteiger partial charge in [0.2, 0.25) is 0 Å². The van der Waals surface area contributed by atoms with E-state index in [9.17, 15) is 4.79 Å². The van der Waals surface area contributed by atoms with Crippen LogP contribution in [0.5, 0.6) is 0 Å². The van der Waals surface area contributed by atoms with Gasteiger partial charge in [0, 0.05) is 19.5 Å². The van der Waals surface area contributed by atoms with Gasteiger partial charge in [-0.25, -0.2) is 4.79 Å². The summed E-state index contributed by atoms with van der Waals surface area (Å²) in [6, 6.07) is 0.182. The minimum Gasteiger partial charge on any atom is -0.449 e. The molecule has 0 aromatic heterocycles. The standard InChI is InChI=1S/C7H14N2O2/c1-2-9-6(5-8)3-4-11-7(9)10/h6H,2-5,8H2,1H3. The largest absolute Gasteiger partial charge is 0.449 e. The molecule has 4 nitrogen and oxygen atoms in total. The maximum absolute atomic E-state index is 11.0. The van der Waals surface area contributed by atoms with Gasteiger partial charge in [0.05, 0.1) is 12.6 Å². The predicted octanol–water partition coefficient (Wildman–Crippen LogP) is 0.176. The van der Waals surface area contributed by atoms with Crippen molar-refractivity contribution >= 4 is 6.09 Å². The zero-order valence-electron chi connectivity index (χ0n) is 6.75. The Balaban J connectivity index is 2.56. The van der Waals surface area contributed by atoms with E-state index in [0.717, 1.165) is 6.42 Å². The lowest BCUT2D eigenvalue weighted by molar-refractivity contribution is 0.0490. The maximum atomic E-state index is 11.0. The van der Waals surface area contributed by atoms with Gasteiger partial charge >= 0.3 is 6.09 Å². The Labute approximate surface area is 66.3 Å². The number of nitrogens with two attached hydrogens (primary N) is 1. The first-order chi connectivity index (χ1) is 5.29. The third-order valence-electron chi connectivity index (χ3n) is 1.96. The number of likely N-dealkylation sites (N-methyl/N-ethyl adjacent to an activating group) is 1. The Morgan fingerprint density at radius 2 is 2.55 bits per heavy atom. The molecule has 2 N–H and O–H groups in total. The van der Waals surface area contributed by atoms with Crippen LogP contribution in [0.2, 0.25) is 0 Å². The van der Waals surface area contributed by atoms with Crippen LogP contribution < -0.4 is 5.73 Å². The van der Waals surface area contributed by atoms with Crippen molar-refractivity contribution in [3.8, 4) is 0 Å². The van der Waals surface area contributed by atoms with E-state index in [4.69, 9.17) is 10.5 Å². The predicted molar refractivity (Wildman–Crippen MR) is 41.2 cm³/mol. The number of hydrogen-bond acceptors (Lipinski definition) is 3. The van der Waals surface area contributed by atoms with E-state index in [2.05, 4.69) is 0 Å². The van der Waals surface area contributed by atoms with Gasteiger partial charge in [0.1, 0.15) is 0 Å². The Hall–Kier alpha value is -0.770. The molecule has 1 aliphatic rings. The smallest absolute Gasteiger partial charge is 0.410 e. The molecule has 4 heteroatoms. The van der Waals surface area contributed by atoms with Crippen LogP contribution in [0, 0.1) is 0 Å². The SMILES string of the molecule is CCN1C(=O)OCCC1CN. The summed E-state index contributed by atoms with van der Waals surface area (Å²) >= 11 is 0. The summed E-state index contributed by atoms with van der Waals surface area (Å²) < 4.78 is 4.84. The van der Waals surface area contributed by atoms with Crippen LogP contribution in [0.1, 0.15) is 13.3 Å². The molecule has 0 aromatic carbocycles. The highest BCUT2D eigenvalue weighted by molar-refractivity contribution is 5.68. The Bertz CT molecular complexity index is 149. The number of hydrogen-bond donors (Lipinski definition) is 1. The lowest BCUT2D eigenvalue weighted by Crippen LogP contribution is -2.48. The number of cyclic esters (lactones) is 1. The first-order valence-electron chi connectivity index (χ1n) is 3.93. The maximum Gasteiger partial charge on any atom is 0.410 e. The summed E-state index contributed by atoms with van der Waals surface area (Å²) in [6.45, 7) is 3.65. The van der Waals surface area contributed by atoms with E-state index in [1.54, 1.807) is 4.90 Å². The van der Waals surface area contributed by atoms with Crippen LogP contribution in [0.15, 0.2) is 0 Å². The van der Waals surface area contributed by atoms with E-state index >= 15 is 0 Å². The highest BCUT2D eigenvalue weighted by Crippen LogP contribution is 2.11. The molecule has 0 saturated carbocycles. The highest BCUT2D eigenvalue weighted by Gasteiger charge is 2.26. The third-order valence-corrected chi connectivity index (χ3v) is 1.96. The zero-order chi connectivity index (χ0) is 8.27. The van der Waals surface area contributed by atoms with Crippen LogP contribution in [0.4, 0.5) is 4.79 Å². The van der Waals surface area contributed by atoms with Crippen molar-refractivity contribution in [3.63, 3.8) is 0 Å². The second kappa shape index (κ2) is 3.57. The molecule has 1 saturated heterocycles. The van der Waals surface area contributed by atoms with E-state index in [1.807, 2.05) is 6.92 Å². The highest BCUT2D eigenvalue weighted by atomic mass is 16.6. The topological polar surface area (TPSA) is 55.6 Å². The average Bonchev–Trinajstić information content (AvgIpc) is 2.04. The van der Waals surface area contributed by atoms with Gasteiger partial charge in [-0.1, -0.05) is 0 Å². The molecule has 1 fully saturated rings. The van der Waals surface area contributed by atoms with Crippen molar-refractivity contribution in [2.75, 3.05) is 19.7 Å². The lowest BCUT2D eigenvalue weighted by atomic mass is 10.2. The Morgan fingerprint density at radius 3 is 3.00 bits per heavy atom. The summed E-state index contributed by atoms with van der Waals surface area (Å²) in [6.07, 6.45) is 0.630.